The van der Waals surface area contributed by atoms with Gasteiger partial charge in [-0.1, -0.05) is 24.3 Å². The van der Waals surface area contributed by atoms with Crippen LogP contribution >= 0.6 is 11.8 Å². The second kappa shape index (κ2) is 8.94. The number of benzene rings is 1. The summed E-state index contributed by atoms with van der Waals surface area (Å²) in [5, 5.41) is 3.80. The van der Waals surface area contributed by atoms with Gasteiger partial charge in [-0.3, -0.25) is 4.79 Å². The molecule has 1 aromatic carbocycles. The van der Waals surface area contributed by atoms with E-state index in [4.69, 9.17) is 0 Å². The van der Waals surface area contributed by atoms with E-state index in [-0.39, 0.29) is 5.75 Å². The van der Waals surface area contributed by atoms with E-state index in [0.717, 1.165) is 29.6 Å². The van der Waals surface area contributed by atoms with E-state index >= 15 is 0 Å². The second-order valence-corrected chi connectivity index (χ2v) is 6.83. The summed E-state index contributed by atoms with van der Waals surface area (Å²) in [6.45, 7) is 5.81. The third-order valence-corrected chi connectivity index (χ3v) is 4.60. The highest BCUT2D eigenvalue weighted by Gasteiger charge is 2.31. The summed E-state index contributed by atoms with van der Waals surface area (Å²) in [6.07, 6.45) is 0.410. The molecule has 8 heteroatoms. The van der Waals surface area contributed by atoms with Crippen LogP contribution in [0.3, 0.4) is 0 Å². The number of hydrogen-bond acceptors (Lipinski definition) is 5. The molecule has 0 fully saturated rings. The van der Waals surface area contributed by atoms with Crippen molar-refractivity contribution in [2.24, 2.45) is 4.99 Å². The van der Waals surface area contributed by atoms with Crippen LogP contribution in [-0.2, 0) is 4.79 Å². The molecule has 0 amide bonds. The largest absolute Gasteiger partial charge is 0.573 e. The first-order chi connectivity index (χ1) is 12.7. The molecule has 1 heterocycles. The van der Waals surface area contributed by atoms with E-state index in [9.17, 15) is 18.0 Å². The first-order valence-electron chi connectivity index (χ1n) is 8.14. The maximum atomic E-state index is 12.2. The van der Waals surface area contributed by atoms with E-state index < -0.39 is 6.36 Å². The van der Waals surface area contributed by atoms with Gasteiger partial charge in [0.25, 0.3) is 0 Å². The third-order valence-electron chi connectivity index (χ3n) is 3.63. The summed E-state index contributed by atoms with van der Waals surface area (Å²) in [5.74, 6) is -0.291. The first kappa shape index (κ1) is 20.8. The van der Waals surface area contributed by atoms with Crippen molar-refractivity contribution in [3.63, 3.8) is 0 Å². The molecular formula is C19H19F3N2O2S. The quantitative estimate of drug-likeness (QED) is 0.616. The molecule has 1 aliphatic rings. The fourth-order valence-corrected chi connectivity index (χ4v) is 2.98. The minimum absolute atomic E-state index is 0.291. The van der Waals surface area contributed by atoms with Crippen LogP contribution in [0.15, 0.2) is 63.3 Å². The number of anilines is 1. The molecule has 1 aromatic rings. The summed E-state index contributed by atoms with van der Waals surface area (Å²) in [4.78, 5) is 16.1. The van der Waals surface area contributed by atoms with Crippen molar-refractivity contribution in [3.05, 3.63) is 58.3 Å². The smallest absolute Gasteiger partial charge is 0.406 e. The average Bonchev–Trinajstić information content (AvgIpc) is 3.03. The second-order valence-electron chi connectivity index (χ2n) is 5.77. The highest BCUT2D eigenvalue weighted by atomic mass is 32.2. The topological polar surface area (TPSA) is 50.7 Å². The predicted molar refractivity (Wildman–Crippen MR) is 103 cm³/mol. The molecule has 2 rings (SSSR count). The van der Waals surface area contributed by atoms with Crippen molar-refractivity contribution in [3.8, 4) is 5.75 Å². The van der Waals surface area contributed by atoms with Gasteiger partial charge in [0.1, 0.15) is 10.8 Å². The highest BCUT2D eigenvalue weighted by Crippen LogP contribution is 2.33. The Bertz CT molecular complexity index is 822. The number of carbonyl (C=O) groups is 1. The van der Waals surface area contributed by atoms with E-state index in [1.165, 1.54) is 36.0 Å². The SMILES string of the molecule is CC/C(C)=C/N=C1/SC(C=O)=C/C1=C(/C)Nc1ccc(OC(F)(F)F)cc1. The van der Waals surface area contributed by atoms with Gasteiger partial charge in [0.05, 0.1) is 4.91 Å². The molecule has 0 spiro atoms. The molecule has 0 bridgehead atoms. The number of aliphatic imine (C=N–C) groups is 1. The number of carbonyl (C=O) groups excluding carboxylic acids is 1. The molecule has 1 N–H and O–H groups in total. The van der Waals surface area contributed by atoms with Crippen LogP contribution in [-0.4, -0.2) is 17.7 Å². The molecule has 0 saturated heterocycles. The Balaban J connectivity index is 2.23. The van der Waals surface area contributed by atoms with Crippen molar-refractivity contribution in [2.45, 2.75) is 33.6 Å². The van der Waals surface area contributed by atoms with Gasteiger partial charge in [-0.2, -0.15) is 0 Å². The van der Waals surface area contributed by atoms with Crippen molar-refractivity contribution in [2.75, 3.05) is 5.32 Å². The van der Waals surface area contributed by atoms with Crippen LogP contribution in [0.1, 0.15) is 27.2 Å². The van der Waals surface area contributed by atoms with Gasteiger partial charge in [0, 0.05) is 23.2 Å². The molecule has 0 aliphatic carbocycles. The zero-order valence-corrected chi connectivity index (χ0v) is 15.9. The third kappa shape index (κ3) is 6.32. The zero-order chi connectivity index (χ0) is 20.0. The van der Waals surface area contributed by atoms with Crippen LogP contribution in [0.4, 0.5) is 18.9 Å². The van der Waals surface area contributed by atoms with Gasteiger partial charge in [-0.15, -0.1) is 13.2 Å². The van der Waals surface area contributed by atoms with Gasteiger partial charge >= 0.3 is 6.36 Å². The van der Waals surface area contributed by atoms with Gasteiger partial charge < -0.3 is 10.1 Å². The summed E-state index contributed by atoms with van der Waals surface area (Å²) < 4.78 is 40.5. The maximum Gasteiger partial charge on any atom is 0.573 e. The van der Waals surface area contributed by atoms with E-state index in [0.29, 0.717) is 15.6 Å². The summed E-state index contributed by atoms with van der Waals surface area (Å²) in [6, 6.07) is 5.42. The molecule has 0 aromatic heterocycles. The first-order valence-corrected chi connectivity index (χ1v) is 8.95. The Kier molecular flexibility index (Phi) is 6.90. The normalized spacial score (nSPS) is 18.4. The lowest BCUT2D eigenvalue weighted by Gasteiger charge is -2.12. The van der Waals surface area contributed by atoms with Crippen LogP contribution in [0.5, 0.6) is 5.75 Å². The molecule has 0 unspecified atom stereocenters. The summed E-state index contributed by atoms with van der Waals surface area (Å²) >= 11 is 1.27. The van der Waals surface area contributed by atoms with Gasteiger partial charge in [0.15, 0.2) is 6.29 Å². The van der Waals surface area contributed by atoms with Gasteiger partial charge in [-0.05, 0) is 50.6 Å². The number of nitrogens with one attached hydrogen (secondary N) is 1. The number of ether oxygens (including phenoxy) is 1. The van der Waals surface area contributed by atoms with E-state index in [1.807, 2.05) is 20.8 Å². The molecule has 144 valence electrons. The Labute approximate surface area is 159 Å². The number of rotatable bonds is 6. The van der Waals surface area contributed by atoms with Crippen LogP contribution in [0, 0.1) is 0 Å². The molecule has 0 radical (unpaired) electrons. The van der Waals surface area contributed by atoms with Crippen LogP contribution in [0.25, 0.3) is 0 Å². The number of aldehydes is 1. The number of hydrogen-bond donors (Lipinski definition) is 1. The molecule has 27 heavy (non-hydrogen) atoms. The predicted octanol–water partition coefficient (Wildman–Crippen LogP) is 5.81. The zero-order valence-electron chi connectivity index (χ0n) is 15.1. The molecule has 0 saturated carbocycles. The molecular weight excluding hydrogens is 377 g/mol. The molecule has 1 aliphatic heterocycles. The van der Waals surface area contributed by atoms with Crippen molar-refractivity contribution in [1.82, 2.24) is 0 Å². The standard InChI is InChI=1S/C19H19F3N2O2S/c1-4-12(2)10-23-18-17(9-16(11-25)27-18)13(3)24-14-5-7-15(8-6-14)26-19(20,21)22/h5-11,24H,4H2,1-3H3/b12-10+,17-13+,23-18+. The number of allylic oxidation sites excluding steroid dienone is 4. The van der Waals surface area contributed by atoms with E-state index in [2.05, 4.69) is 15.0 Å². The highest BCUT2D eigenvalue weighted by molar-refractivity contribution is 8.18. The van der Waals surface area contributed by atoms with Crippen molar-refractivity contribution >= 4 is 28.8 Å². The Hall–Kier alpha value is -2.48. The average molecular weight is 396 g/mol. The van der Waals surface area contributed by atoms with Crippen molar-refractivity contribution < 1.29 is 22.7 Å². The van der Waals surface area contributed by atoms with Gasteiger partial charge in [0.2, 0.25) is 0 Å². The van der Waals surface area contributed by atoms with Gasteiger partial charge in [-0.25, -0.2) is 4.99 Å². The minimum atomic E-state index is -4.72. The Morgan fingerprint density at radius 1 is 1.26 bits per heavy atom. The number of halogens is 3. The number of nitrogens with zero attached hydrogens (tertiary/aromatic N) is 1. The van der Waals surface area contributed by atoms with E-state index in [1.54, 1.807) is 12.3 Å². The fraction of sp³-hybridized carbons (Fsp3) is 0.263. The number of alkyl halides is 3. The lowest BCUT2D eigenvalue weighted by Crippen LogP contribution is -2.17. The lowest BCUT2D eigenvalue weighted by atomic mass is 10.2. The maximum absolute atomic E-state index is 12.2. The Morgan fingerprint density at radius 3 is 2.48 bits per heavy atom. The monoisotopic (exact) mass is 396 g/mol. The summed E-state index contributed by atoms with van der Waals surface area (Å²) in [5.41, 5.74) is 3.18. The number of thioether (sulfide) groups is 1. The molecule has 0 atom stereocenters. The van der Waals surface area contributed by atoms with Crippen LogP contribution < -0.4 is 10.1 Å². The Morgan fingerprint density at radius 2 is 1.93 bits per heavy atom. The fourth-order valence-electron chi connectivity index (χ4n) is 2.11. The summed E-state index contributed by atoms with van der Waals surface area (Å²) in [7, 11) is 0. The minimum Gasteiger partial charge on any atom is -0.406 e. The lowest BCUT2D eigenvalue weighted by molar-refractivity contribution is -0.274. The van der Waals surface area contributed by atoms with Crippen molar-refractivity contribution in [1.29, 1.82) is 0 Å². The molecule has 4 nitrogen and oxygen atoms in total. The van der Waals surface area contributed by atoms with Crippen LogP contribution in [0.2, 0.25) is 0 Å².